The van der Waals surface area contributed by atoms with Crippen LogP contribution in [0.1, 0.15) is 25.2 Å². The van der Waals surface area contributed by atoms with Crippen molar-refractivity contribution in [3.63, 3.8) is 0 Å². The lowest BCUT2D eigenvalue weighted by Crippen LogP contribution is -2.13. The van der Waals surface area contributed by atoms with E-state index in [-0.39, 0.29) is 17.8 Å². The van der Waals surface area contributed by atoms with Crippen molar-refractivity contribution >= 4 is 23.4 Å². The van der Waals surface area contributed by atoms with Crippen molar-refractivity contribution in [1.29, 1.82) is 0 Å². The van der Waals surface area contributed by atoms with Crippen molar-refractivity contribution in [2.45, 2.75) is 38.6 Å². The molecule has 1 heterocycles. The second-order valence-electron chi connectivity index (χ2n) is 5.50. The van der Waals surface area contributed by atoms with Gasteiger partial charge in [-0.2, -0.15) is 0 Å². The fourth-order valence-electron chi connectivity index (χ4n) is 1.90. The first-order chi connectivity index (χ1) is 11.0. The molecule has 1 N–H and O–H groups in total. The summed E-state index contributed by atoms with van der Waals surface area (Å²) in [7, 11) is 1.89. The monoisotopic (exact) mass is 334 g/mol. The van der Waals surface area contributed by atoms with Crippen LogP contribution in [0.5, 0.6) is 0 Å². The Balaban J connectivity index is 1.88. The van der Waals surface area contributed by atoms with Gasteiger partial charge in [0.05, 0.1) is 18.4 Å². The molecule has 7 heteroatoms. The zero-order chi connectivity index (χ0) is 16.8. The number of hydrogen-bond donors (Lipinski definition) is 1. The number of ether oxygens (including phenoxy) is 1. The van der Waals surface area contributed by atoms with Gasteiger partial charge in [0.1, 0.15) is 0 Å². The fraction of sp³-hybridized carbons (Fsp3) is 0.438. The molecule has 1 aromatic carbocycles. The number of carbonyl (C=O) groups excluding carboxylic acids is 1. The highest BCUT2D eigenvalue weighted by Gasteiger charge is 2.12. The van der Waals surface area contributed by atoms with E-state index in [9.17, 15) is 4.79 Å². The number of aromatic nitrogens is 3. The van der Waals surface area contributed by atoms with Crippen LogP contribution in [-0.4, -0.2) is 32.6 Å². The number of hydrogen-bond acceptors (Lipinski definition) is 6. The molecule has 6 nitrogen and oxygen atoms in total. The van der Waals surface area contributed by atoms with E-state index in [1.54, 1.807) is 0 Å². The molecule has 0 aliphatic carbocycles. The third-order valence-electron chi connectivity index (χ3n) is 3.11. The summed E-state index contributed by atoms with van der Waals surface area (Å²) in [4.78, 5) is 11.6. The average molecular weight is 334 g/mol. The van der Waals surface area contributed by atoms with E-state index in [0.717, 1.165) is 11.5 Å². The molecule has 0 atom stereocenters. The molecular formula is C16H22N4O2S. The SMILES string of the molecule is Cc1ccc(NCc2nnc(SCC(=O)OC(C)C)n2C)cc1. The predicted molar refractivity (Wildman–Crippen MR) is 91.5 cm³/mol. The van der Waals surface area contributed by atoms with Gasteiger partial charge in [0.2, 0.25) is 0 Å². The Hall–Kier alpha value is -2.02. The van der Waals surface area contributed by atoms with Gasteiger partial charge in [-0.05, 0) is 32.9 Å². The molecule has 0 aliphatic heterocycles. The van der Waals surface area contributed by atoms with Crippen LogP contribution in [0.4, 0.5) is 5.69 Å². The summed E-state index contributed by atoms with van der Waals surface area (Å²) in [6.45, 7) is 6.29. The minimum Gasteiger partial charge on any atom is -0.462 e. The molecule has 0 unspecified atom stereocenters. The van der Waals surface area contributed by atoms with Gasteiger partial charge in [-0.3, -0.25) is 4.79 Å². The first kappa shape index (κ1) is 17.3. The number of nitrogens with one attached hydrogen (secondary N) is 1. The maximum absolute atomic E-state index is 11.6. The molecule has 2 aromatic rings. The summed E-state index contributed by atoms with van der Waals surface area (Å²) in [6.07, 6.45) is -0.100. The van der Waals surface area contributed by atoms with E-state index in [0.29, 0.717) is 11.7 Å². The summed E-state index contributed by atoms with van der Waals surface area (Å²) in [5.41, 5.74) is 2.26. The Morgan fingerprint density at radius 2 is 2.00 bits per heavy atom. The van der Waals surface area contributed by atoms with E-state index in [1.807, 2.05) is 37.6 Å². The largest absolute Gasteiger partial charge is 0.462 e. The van der Waals surface area contributed by atoms with Crippen molar-refractivity contribution < 1.29 is 9.53 Å². The third-order valence-corrected chi connectivity index (χ3v) is 4.11. The van der Waals surface area contributed by atoms with E-state index in [4.69, 9.17) is 4.74 Å². The molecule has 0 amide bonds. The van der Waals surface area contributed by atoms with Crippen molar-refractivity contribution in [3.8, 4) is 0 Å². The van der Waals surface area contributed by atoms with Crippen LogP contribution in [0.15, 0.2) is 29.4 Å². The quantitative estimate of drug-likeness (QED) is 0.620. The van der Waals surface area contributed by atoms with Crippen LogP contribution < -0.4 is 5.32 Å². The predicted octanol–water partition coefficient (Wildman–Crippen LogP) is 2.78. The number of benzene rings is 1. The van der Waals surface area contributed by atoms with Crippen LogP contribution in [-0.2, 0) is 23.1 Å². The molecule has 0 saturated heterocycles. The number of rotatable bonds is 7. The van der Waals surface area contributed by atoms with Crippen molar-refractivity contribution in [3.05, 3.63) is 35.7 Å². The molecule has 124 valence electrons. The van der Waals surface area contributed by atoms with Crippen molar-refractivity contribution in [2.75, 3.05) is 11.1 Å². The standard InChI is InChI=1S/C16H22N4O2S/c1-11(2)22-15(21)10-23-16-19-18-14(20(16)4)9-17-13-7-5-12(3)6-8-13/h5-8,11,17H,9-10H2,1-4H3. The van der Waals surface area contributed by atoms with Gasteiger partial charge in [0.25, 0.3) is 0 Å². The number of nitrogens with zero attached hydrogens (tertiary/aromatic N) is 3. The van der Waals surface area contributed by atoms with Gasteiger partial charge >= 0.3 is 5.97 Å². The normalized spacial score (nSPS) is 10.8. The van der Waals surface area contributed by atoms with Crippen LogP contribution >= 0.6 is 11.8 Å². The molecule has 0 spiro atoms. The van der Waals surface area contributed by atoms with E-state index >= 15 is 0 Å². The first-order valence-corrected chi connectivity index (χ1v) is 8.45. The molecular weight excluding hydrogens is 312 g/mol. The zero-order valence-corrected chi connectivity index (χ0v) is 14.7. The lowest BCUT2D eigenvalue weighted by molar-refractivity contribution is -0.144. The molecule has 0 bridgehead atoms. The van der Waals surface area contributed by atoms with Crippen LogP contribution in [0.25, 0.3) is 0 Å². The van der Waals surface area contributed by atoms with Gasteiger partial charge < -0.3 is 14.6 Å². The smallest absolute Gasteiger partial charge is 0.316 e. The number of anilines is 1. The molecule has 1 aromatic heterocycles. The molecule has 0 saturated carbocycles. The maximum atomic E-state index is 11.6. The van der Waals surface area contributed by atoms with Crippen LogP contribution in [0.3, 0.4) is 0 Å². The van der Waals surface area contributed by atoms with E-state index < -0.39 is 0 Å². The fourth-order valence-corrected chi connectivity index (χ4v) is 2.61. The highest BCUT2D eigenvalue weighted by Crippen LogP contribution is 2.17. The summed E-state index contributed by atoms with van der Waals surface area (Å²) >= 11 is 1.33. The van der Waals surface area contributed by atoms with Crippen molar-refractivity contribution in [2.24, 2.45) is 7.05 Å². The second kappa shape index (κ2) is 8.01. The highest BCUT2D eigenvalue weighted by molar-refractivity contribution is 7.99. The van der Waals surface area contributed by atoms with Crippen molar-refractivity contribution in [1.82, 2.24) is 14.8 Å². The van der Waals surface area contributed by atoms with Crippen LogP contribution in [0, 0.1) is 6.92 Å². The summed E-state index contributed by atoms with van der Waals surface area (Å²) in [6, 6.07) is 8.17. The summed E-state index contributed by atoms with van der Waals surface area (Å²) in [5, 5.41) is 12.3. The number of thioether (sulfide) groups is 1. The summed E-state index contributed by atoms with van der Waals surface area (Å²) in [5.74, 6) is 0.799. The Kier molecular flexibility index (Phi) is 6.04. The molecule has 23 heavy (non-hydrogen) atoms. The first-order valence-electron chi connectivity index (χ1n) is 7.47. The number of esters is 1. The third kappa shape index (κ3) is 5.28. The minimum absolute atomic E-state index is 0.100. The number of aryl methyl sites for hydroxylation is 1. The zero-order valence-electron chi connectivity index (χ0n) is 13.9. The van der Waals surface area contributed by atoms with E-state index in [1.165, 1.54) is 17.3 Å². The van der Waals surface area contributed by atoms with Gasteiger partial charge in [0.15, 0.2) is 11.0 Å². The lowest BCUT2D eigenvalue weighted by Gasteiger charge is -2.08. The van der Waals surface area contributed by atoms with E-state index in [2.05, 4.69) is 34.6 Å². The van der Waals surface area contributed by atoms with Gasteiger partial charge in [-0.1, -0.05) is 29.5 Å². The minimum atomic E-state index is -0.243. The Bertz CT molecular complexity index is 653. The maximum Gasteiger partial charge on any atom is 0.316 e. The van der Waals surface area contributed by atoms with Gasteiger partial charge in [0, 0.05) is 12.7 Å². The Labute approximate surface area is 140 Å². The molecule has 0 fully saturated rings. The van der Waals surface area contributed by atoms with Gasteiger partial charge in [-0.15, -0.1) is 10.2 Å². The average Bonchev–Trinajstić information content (AvgIpc) is 2.84. The molecule has 0 aliphatic rings. The van der Waals surface area contributed by atoms with Gasteiger partial charge in [-0.25, -0.2) is 0 Å². The topological polar surface area (TPSA) is 69.0 Å². The molecule has 0 radical (unpaired) electrons. The molecule has 2 rings (SSSR count). The van der Waals surface area contributed by atoms with Crippen LogP contribution in [0.2, 0.25) is 0 Å². The summed E-state index contributed by atoms with van der Waals surface area (Å²) < 4.78 is 6.99. The highest BCUT2D eigenvalue weighted by atomic mass is 32.2. The Morgan fingerprint density at radius 3 is 2.65 bits per heavy atom. The lowest BCUT2D eigenvalue weighted by atomic mass is 10.2. The Morgan fingerprint density at radius 1 is 1.30 bits per heavy atom. The second-order valence-corrected chi connectivity index (χ2v) is 6.45. The number of carbonyl (C=O) groups is 1.